The molecule has 4 heteroatoms. The largest absolute Gasteiger partial charge is 0.393 e. The fourth-order valence-electron chi connectivity index (χ4n) is 2.66. The Balaban J connectivity index is 2.10. The standard InChI is InChI=1S/C12H19NO3/c1-12(2)7-10(15)13(11(12)16)8-3-5-9(14)6-4-8/h8-9,14H,3-7H2,1-2H3. The Bertz CT molecular complexity index is 316. The number of hydrogen-bond donors (Lipinski definition) is 1. The van der Waals surface area contributed by atoms with Gasteiger partial charge < -0.3 is 5.11 Å². The van der Waals surface area contributed by atoms with E-state index in [0.29, 0.717) is 19.3 Å². The summed E-state index contributed by atoms with van der Waals surface area (Å²) >= 11 is 0. The van der Waals surface area contributed by atoms with Crippen LogP contribution in [0.15, 0.2) is 0 Å². The Morgan fingerprint density at radius 1 is 1.19 bits per heavy atom. The van der Waals surface area contributed by atoms with Gasteiger partial charge in [0.15, 0.2) is 0 Å². The Morgan fingerprint density at radius 2 is 1.75 bits per heavy atom. The minimum Gasteiger partial charge on any atom is -0.393 e. The lowest BCUT2D eigenvalue weighted by Gasteiger charge is -2.32. The van der Waals surface area contributed by atoms with Crippen molar-refractivity contribution in [1.82, 2.24) is 4.90 Å². The smallest absolute Gasteiger partial charge is 0.235 e. The molecule has 16 heavy (non-hydrogen) atoms. The molecule has 0 bridgehead atoms. The van der Waals surface area contributed by atoms with Crippen molar-refractivity contribution in [3.63, 3.8) is 0 Å². The van der Waals surface area contributed by atoms with Gasteiger partial charge in [-0.15, -0.1) is 0 Å². The van der Waals surface area contributed by atoms with E-state index in [1.54, 1.807) is 0 Å². The lowest BCUT2D eigenvalue weighted by molar-refractivity contribution is -0.144. The van der Waals surface area contributed by atoms with E-state index in [4.69, 9.17) is 0 Å². The quantitative estimate of drug-likeness (QED) is 0.679. The van der Waals surface area contributed by atoms with E-state index in [2.05, 4.69) is 0 Å². The van der Waals surface area contributed by atoms with Gasteiger partial charge in [0.25, 0.3) is 0 Å². The number of hydrogen-bond acceptors (Lipinski definition) is 3. The summed E-state index contributed by atoms with van der Waals surface area (Å²) in [5, 5.41) is 9.42. The second kappa shape index (κ2) is 3.84. The molecule has 0 unspecified atom stereocenters. The zero-order chi connectivity index (χ0) is 11.9. The van der Waals surface area contributed by atoms with Crippen molar-refractivity contribution in [1.29, 1.82) is 0 Å². The van der Waals surface area contributed by atoms with Crippen LogP contribution in [0, 0.1) is 5.41 Å². The van der Waals surface area contributed by atoms with Crippen LogP contribution in [-0.2, 0) is 9.59 Å². The number of likely N-dealkylation sites (tertiary alicyclic amines) is 1. The summed E-state index contributed by atoms with van der Waals surface area (Å²) in [7, 11) is 0. The molecule has 0 atom stereocenters. The van der Waals surface area contributed by atoms with Crippen LogP contribution in [0.25, 0.3) is 0 Å². The molecule has 4 nitrogen and oxygen atoms in total. The number of rotatable bonds is 1. The molecule has 1 N–H and O–H groups in total. The number of carbonyl (C=O) groups excluding carboxylic acids is 2. The molecule has 0 aromatic carbocycles. The maximum Gasteiger partial charge on any atom is 0.235 e. The van der Waals surface area contributed by atoms with E-state index in [9.17, 15) is 14.7 Å². The molecule has 2 amide bonds. The van der Waals surface area contributed by atoms with E-state index in [1.165, 1.54) is 4.90 Å². The number of aliphatic hydroxyl groups excluding tert-OH is 1. The van der Waals surface area contributed by atoms with Gasteiger partial charge in [0, 0.05) is 12.5 Å². The first-order valence-electron chi connectivity index (χ1n) is 5.96. The van der Waals surface area contributed by atoms with E-state index in [0.717, 1.165) is 12.8 Å². The van der Waals surface area contributed by atoms with Crippen LogP contribution in [0.5, 0.6) is 0 Å². The predicted octanol–water partition coefficient (Wildman–Crippen LogP) is 1.07. The summed E-state index contributed by atoms with van der Waals surface area (Å²) in [5.74, 6) is -0.0877. The normalized spacial score (nSPS) is 34.6. The summed E-state index contributed by atoms with van der Waals surface area (Å²) in [4.78, 5) is 25.3. The summed E-state index contributed by atoms with van der Waals surface area (Å²) in [6, 6.07) is 0.0187. The average molecular weight is 225 g/mol. The van der Waals surface area contributed by atoms with E-state index >= 15 is 0 Å². The van der Waals surface area contributed by atoms with Crippen molar-refractivity contribution >= 4 is 11.8 Å². The second-order valence-electron chi connectivity index (χ2n) is 5.59. The molecule has 2 rings (SSSR count). The summed E-state index contributed by atoms with van der Waals surface area (Å²) in [5.41, 5.74) is -0.535. The molecular weight excluding hydrogens is 206 g/mol. The highest BCUT2D eigenvalue weighted by Crippen LogP contribution is 2.36. The minimum absolute atomic E-state index is 0.0187. The fourth-order valence-corrected chi connectivity index (χ4v) is 2.66. The third-order valence-electron chi connectivity index (χ3n) is 3.69. The Kier molecular flexibility index (Phi) is 2.78. The SMILES string of the molecule is CC1(C)CC(=O)N(C2CCC(O)CC2)C1=O. The van der Waals surface area contributed by atoms with Gasteiger partial charge in [0.1, 0.15) is 0 Å². The number of nitrogens with zero attached hydrogens (tertiary/aromatic N) is 1. The van der Waals surface area contributed by atoms with Gasteiger partial charge in [0.2, 0.25) is 11.8 Å². The fraction of sp³-hybridized carbons (Fsp3) is 0.833. The average Bonchev–Trinajstić information content (AvgIpc) is 2.39. The molecule has 0 spiro atoms. The Labute approximate surface area is 95.6 Å². The molecule has 0 radical (unpaired) electrons. The summed E-state index contributed by atoms with van der Waals surface area (Å²) in [6.07, 6.45) is 2.95. The highest BCUT2D eigenvalue weighted by Gasteiger charge is 2.47. The van der Waals surface area contributed by atoms with Gasteiger partial charge >= 0.3 is 0 Å². The third-order valence-corrected chi connectivity index (χ3v) is 3.69. The number of aliphatic hydroxyl groups is 1. The van der Waals surface area contributed by atoms with Crippen molar-refractivity contribution in [2.75, 3.05) is 0 Å². The number of amides is 2. The molecule has 0 aromatic rings. The van der Waals surface area contributed by atoms with E-state index in [1.807, 2.05) is 13.8 Å². The van der Waals surface area contributed by atoms with Crippen LogP contribution in [-0.4, -0.2) is 34.0 Å². The zero-order valence-corrected chi connectivity index (χ0v) is 9.90. The Morgan fingerprint density at radius 3 is 2.19 bits per heavy atom. The first kappa shape index (κ1) is 11.6. The monoisotopic (exact) mass is 225 g/mol. The van der Waals surface area contributed by atoms with Crippen LogP contribution in [0.2, 0.25) is 0 Å². The molecule has 2 aliphatic rings. The third kappa shape index (κ3) is 1.86. The van der Waals surface area contributed by atoms with Crippen molar-refractivity contribution in [2.45, 2.75) is 58.1 Å². The molecular formula is C12H19NO3. The van der Waals surface area contributed by atoms with E-state index < -0.39 is 5.41 Å². The van der Waals surface area contributed by atoms with Gasteiger partial charge in [-0.1, -0.05) is 13.8 Å². The number of imide groups is 1. The molecule has 1 saturated carbocycles. The molecule has 1 aliphatic heterocycles. The zero-order valence-electron chi connectivity index (χ0n) is 9.90. The maximum absolute atomic E-state index is 12.1. The minimum atomic E-state index is -0.535. The van der Waals surface area contributed by atoms with Gasteiger partial charge in [-0.3, -0.25) is 14.5 Å². The van der Waals surface area contributed by atoms with Crippen molar-refractivity contribution < 1.29 is 14.7 Å². The van der Waals surface area contributed by atoms with Gasteiger partial charge in [0.05, 0.1) is 11.5 Å². The van der Waals surface area contributed by atoms with Crippen LogP contribution in [0.4, 0.5) is 0 Å². The molecule has 90 valence electrons. The summed E-state index contributed by atoms with van der Waals surface area (Å²) in [6.45, 7) is 3.65. The second-order valence-corrected chi connectivity index (χ2v) is 5.59. The van der Waals surface area contributed by atoms with Gasteiger partial charge in [-0.25, -0.2) is 0 Å². The van der Waals surface area contributed by atoms with Crippen molar-refractivity contribution in [3.8, 4) is 0 Å². The van der Waals surface area contributed by atoms with Gasteiger partial charge in [-0.2, -0.15) is 0 Å². The van der Waals surface area contributed by atoms with Crippen LogP contribution in [0.1, 0.15) is 46.0 Å². The van der Waals surface area contributed by atoms with E-state index in [-0.39, 0.29) is 24.0 Å². The van der Waals surface area contributed by atoms with Crippen LogP contribution >= 0.6 is 0 Å². The molecule has 1 saturated heterocycles. The first-order chi connectivity index (χ1) is 7.42. The first-order valence-corrected chi connectivity index (χ1v) is 5.96. The molecule has 1 aliphatic carbocycles. The molecule has 2 fully saturated rings. The predicted molar refractivity (Wildman–Crippen MR) is 58.5 cm³/mol. The Hall–Kier alpha value is -0.900. The molecule has 1 heterocycles. The van der Waals surface area contributed by atoms with Crippen LogP contribution in [0.3, 0.4) is 0 Å². The van der Waals surface area contributed by atoms with Crippen molar-refractivity contribution in [2.24, 2.45) is 5.41 Å². The van der Waals surface area contributed by atoms with Gasteiger partial charge in [-0.05, 0) is 25.7 Å². The topological polar surface area (TPSA) is 57.6 Å². The lowest BCUT2D eigenvalue weighted by atomic mass is 9.90. The van der Waals surface area contributed by atoms with Crippen molar-refractivity contribution in [3.05, 3.63) is 0 Å². The maximum atomic E-state index is 12.1. The highest BCUT2D eigenvalue weighted by molar-refractivity contribution is 6.05. The number of carbonyl (C=O) groups is 2. The summed E-state index contributed by atoms with van der Waals surface area (Å²) < 4.78 is 0. The lowest BCUT2D eigenvalue weighted by Crippen LogP contribution is -2.44. The molecule has 0 aromatic heterocycles. The highest BCUT2D eigenvalue weighted by atomic mass is 16.3. The van der Waals surface area contributed by atoms with Crippen LogP contribution < -0.4 is 0 Å².